The second-order valence-corrected chi connectivity index (χ2v) is 5.76. The molecule has 0 aliphatic rings. The minimum atomic E-state index is -0.664. The third kappa shape index (κ3) is 4.81. The van der Waals surface area contributed by atoms with Gasteiger partial charge in [0.05, 0.1) is 0 Å². The highest BCUT2D eigenvalue weighted by atomic mass is 16.3. The maximum Gasteiger partial charge on any atom is 0.269 e. The standard InChI is InChI=1S/C21H20N2O3/c1-2-3-9-19(24)18(14-22)21(26)23-17-12-10-16(11-13-17)20(25)15-7-5-4-6-8-15/h4-8,10-13,24H,2-3,9H2,1H3,(H,23,26)/b19-18-. The number of aliphatic hydroxyl groups is 1. The van der Waals surface area contributed by atoms with Crippen molar-refractivity contribution in [1.82, 2.24) is 0 Å². The molecule has 0 saturated heterocycles. The Balaban J connectivity index is 2.10. The molecule has 0 aliphatic heterocycles. The number of nitrogens with zero attached hydrogens (tertiary/aromatic N) is 1. The fraction of sp³-hybridized carbons (Fsp3) is 0.190. The number of ketones is 1. The lowest BCUT2D eigenvalue weighted by atomic mass is 10.0. The number of rotatable bonds is 7. The Morgan fingerprint density at radius 3 is 2.23 bits per heavy atom. The Morgan fingerprint density at radius 1 is 1.04 bits per heavy atom. The summed E-state index contributed by atoms with van der Waals surface area (Å²) < 4.78 is 0. The van der Waals surface area contributed by atoms with Crippen LogP contribution in [0.2, 0.25) is 0 Å². The summed E-state index contributed by atoms with van der Waals surface area (Å²) in [5.74, 6) is -0.982. The molecule has 5 heteroatoms. The number of hydrogen-bond donors (Lipinski definition) is 2. The van der Waals surface area contributed by atoms with Gasteiger partial charge in [-0.2, -0.15) is 5.26 Å². The zero-order valence-electron chi connectivity index (χ0n) is 14.5. The fourth-order valence-corrected chi connectivity index (χ4v) is 2.37. The minimum Gasteiger partial charge on any atom is -0.511 e. The van der Waals surface area contributed by atoms with Crippen LogP contribution in [0.3, 0.4) is 0 Å². The van der Waals surface area contributed by atoms with Gasteiger partial charge in [0.25, 0.3) is 5.91 Å². The Hall–Kier alpha value is -3.39. The molecule has 0 heterocycles. The summed E-state index contributed by atoms with van der Waals surface area (Å²) in [4.78, 5) is 24.5. The molecule has 132 valence electrons. The van der Waals surface area contributed by atoms with Gasteiger partial charge in [0.1, 0.15) is 11.8 Å². The molecular formula is C21H20N2O3. The van der Waals surface area contributed by atoms with Gasteiger partial charge in [-0.15, -0.1) is 0 Å². The number of carbonyl (C=O) groups is 2. The second kappa shape index (κ2) is 9.19. The summed E-state index contributed by atoms with van der Waals surface area (Å²) in [5, 5.41) is 21.6. The largest absolute Gasteiger partial charge is 0.511 e. The summed E-state index contributed by atoms with van der Waals surface area (Å²) in [7, 11) is 0. The molecule has 5 nitrogen and oxygen atoms in total. The van der Waals surface area contributed by atoms with Crippen molar-refractivity contribution in [2.24, 2.45) is 0 Å². The van der Waals surface area contributed by atoms with Gasteiger partial charge < -0.3 is 10.4 Å². The van der Waals surface area contributed by atoms with Crippen molar-refractivity contribution >= 4 is 17.4 Å². The zero-order valence-corrected chi connectivity index (χ0v) is 14.5. The molecule has 0 saturated carbocycles. The lowest BCUT2D eigenvalue weighted by molar-refractivity contribution is -0.112. The Kier molecular flexibility index (Phi) is 6.69. The average Bonchev–Trinajstić information content (AvgIpc) is 2.67. The van der Waals surface area contributed by atoms with Crippen molar-refractivity contribution in [2.75, 3.05) is 5.32 Å². The molecule has 2 rings (SSSR count). The molecule has 0 spiro atoms. The number of allylic oxidation sites excluding steroid dienone is 1. The van der Waals surface area contributed by atoms with Crippen molar-refractivity contribution < 1.29 is 14.7 Å². The number of nitriles is 1. The van der Waals surface area contributed by atoms with Crippen LogP contribution in [-0.2, 0) is 4.79 Å². The smallest absolute Gasteiger partial charge is 0.269 e. The van der Waals surface area contributed by atoms with E-state index in [1.807, 2.05) is 13.0 Å². The van der Waals surface area contributed by atoms with Gasteiger partial charge in [0, 0.05) is 23.2 Å². The molecule has 2 aromatic rings. The van der Waals surface area contributed by atoms with Gasteiger partial charge in [0.15, 0.2) is 11.4 Å². The predicted octanol–water partition coefficient (Wildman–Crippen LogP) is 4.38. The SMILES string of the molecule is CCCC/C(O)=C(\C#N)C(=O)Nc1ccc(C(=O)c2ccccc2)cc1. The van der Waals surface area contributed by atoms with Gasteiger partial charge >= 0.3 is 0 Å². The molecule has 0 atom stereocenters. The van der Waals surface area contributed by atoms with E-state index in [1.165, 1.54) is 0 Å². The number of aliphatic hydroxyl groups excluding tert-OH is 1. The molecule has 1 amide bonds. The molecule has 2 N–H and O–H groups in total. The number of unbranched alkanes of at least 4 members (excludes halogenated alkanes) is 1. The van der Waals surface area contributed by atoms with E-state index in [-0.39, 0.29) is 23.5 Å². The fourth-order valence-electron chi connectivity index (χ4n) is 2.37. The van der Waals surface area contributed by atoms with Gasteiger partial charge in [-0.1, -0.05) is 43.7 Å². The lowest BCUT2D eigenvalue weighted by Gasteiger charge is -2.07. The van der Waals surface area contributed by atoms with E-state index >= 15 is 0 Å². The van der Waals surface area contributed by atoms with Gasteiger partial charge in [0.2, 0.25) is 0 Å². The monoisotopic (exact) mass is 348 g/mol. The van der Waals surface area contributed by atoms with Crippen LogP contribution in [0.4, 0.5) is 5.69 Å². The van der Waals surface area contributed by atoms with Crippen LogP contribution in [0.5, 0.6) is 0 Å². The van der Waals surface area contributed by atoms with Crippen molar-refractivity contribution in [3.8, 4) is 6.07 Å². The Morgan fingerprint density at radius 2 is 1.65 bits per heavy atom. The number of nitrogens with one attached hydrogen (secondary N) is 1. The topological polar surface area (TPSA) is 90.2 Å². The van der Waals surface area contributed by atoms with Crippen LogP contribution in [0.15, 0.2) is 65.9 Å². The number of carbonyl (C=O) groups excluding carboxylic acids is 2. The predicted molar refractivity (Wildman–Crippen MR) is 99.7 cm³/mol. The summed E-state index contributed by atoms with van der Waals surface area (Å²) >= 11 is 0. The maximum absolute atomic E-state index is 12.4. The first-order valence-corrected chi connectivity index (χ1v) is 8.40. The number of anilines is 1. The highest BCUT2D eigenvalue weighted by Crippen LogP contribution is 2.16. The average molecular weight is 348 g/mol. The minimum absolute atomic E-state index is 0.113. The first-order chi connectivity index (χ1) is 12.6. The molecule has 0 radical (unpaired) electrons. The van der Waals surface area contributed by atoms with E-state index in [4.69, 9.17) is 5.26 Å². The summed E-state index contributed by atoms with van der Waals surface area (Å²) in [6, 6.07) is 17.0. The van der Waals surface area contributed by atoms with Gasteiger partial charge in [-0.3, -0.25) is 9.59 Å². The Labute approximate surface area is 152 Å². The number of amides is 1. The number of hydrogen-bond acceptors (Lipinski definition) is 4. The molecule has 0 aromatic heterocycles. The first kappa shape index (κ1) is 18.9. The first-order valence-electron chi connectivity index (χ1n) is 8.40. The van der Waals surface area contributed by atoms with Crippen LogP contribution < -0.4 is 5.32 Å². The highest BCUT2D eigenvalue weighted by Gasteiger charge is 2.15. The van der Waals surface area contributed by atoms with Crippen molar-refractivity contribution in [3.63, 3.8) is 0 Å². The molecule has 26 heavy (non-hydrogen) atoms. The van der Waals surface area contributed by atoms with Crippen molar-refractivity contribution in [3.05, 3.63) is 77.1 Å². The van der Waals surface area contributed by atoms with E-state index in [2.05, 4.69) is 5.32 Å². The molecular weight excluding hydrogens is 328 g/mol. The lowest BCUT2D eigenvalue weighted by Crippen LogP contribution is -2.15. The zero-order chi connectivity index (χ0) is 18.9. The molecule has 0 bridgehead atoms. The van der Waals surface area contributed by atoms with Crippen molar-refractivity contribution in [2.45, 2.75) is 26.2 Å². The quantitative estimate of drug-likeness (QED) is 0.336. The third-order valence-corrected chi connectivity index (χ3v) is 3.84. The van der Waals surface area contributed by atoms with Crippen LogP contribution in [-0.4, -0.2) is 16.8 Å². The summed E-state index contributed by atoms with van der Waals surface area (Å²) in [5.41, 5.74) is 1.23. The van der Waals surface area contributed by atoms with Crippen LogP contribution in [0, 0.1) is 11.3 Å². The van der Waals surface area contributed by atoms with Crippen LogP contribution >= 0.6 is 0 Å². The number of benzene rings is 2. The molecule has 0 fully saturated rings. The van der Waals surface area contributed by atoms with Crippen LogP contribution in [0.1, 0.15) is 42.1 Å². The summed E-state index contributed by atoms with van der Waals surface area (Å²) in [6.07, 6.45) is 1.83. The van der Waals surface area contributed by atoms with Gasteiger partial charge in [-0.25, -0.2) is 0 Å². The molecule has 0 aliphatic carbocycles. The third-order valence-electron chi connectivity index (χ3n) is 3.84. The van der Waals surface area contributed by atoms with Gasteiger partial charge in [-0.05, 0) is 30.7 Å². The molecule has 2 aromatic carbocycles. The van der Waals surface area contributed by atoms with E-state index < -0.39 is 5.91 Å². The second-order valence-electron chi connectivity index (χ2n) is 5.76. The summed E-state index contributed by atoms with van der Waals surface area (Å²) in [6.45, 7) is 1.96. The van der Waals surface area contributed by atoms with E-state index in [9.17, 15) is 14.7 Å². The Bertz CT molecular complexity index is 847. The van der Waals surface area contributed by atoms with E-state index in [0.717, 1.165) is 6.42 Å². The molecule has 0 unspecified atom stereocenters. The maximum atomic E-state index is 12.4. The van der Waals surface area contributed by atoms with Crippen molar-refractivity contribution in [1.29, 1.82) is 5.26 Å². The normalized spacial score (nSPS) is 11.2. The van der Waals surface area contributed by atoms with E-state index in [1.54, 1.807) is 54.6 Å². The van der Waals surface area contributed by atoms with E-state index in [0.29, 0.717) is 23.2 Å². The van der Waals surface area contributed by atoms with Crippen LogP contribution in [0.25, 0.3) is 0 Å². The highest BCUT2D eigenvalue weighted by molar-refractivity contribution is 6.10.